The molecule has 3 aromatic rings. The molecule has 0 aliphatic rings. The average Bonchev–Trinajstić information content (AvgIpc) is 3.18. The van der Waals surface area contributed by atoms with E-state index in [0.717, 1.165) is 16.9 Å². The smallest absolute Gasteiger partial charge is 0.243 e. The lowest BCUT2D eigenvalue weighted by Crippen LogP contribution is -2.42. The van der Waals surface area contributed by atoms with Crippen LogP contribution in [0.2, 0.25) is 0 Å². The van der Waals surface area contributed by atoms with Gasteiger partial charge >= 0.3 is 0 Å². The molecule has 0 saturated carbocycles. The van der Waals surface area contributed by atoms with Crippen LogP contribution in [-0.2, 0) is 27.9 Å². The normalized spacial score (nSPS) is 11.6. The van der Waals surface area contributed by atoms with Crippen LogP contribution in [0.3, 0.4) is 0 Å². The third-order valence-corrected chi connectivity index (χ3v) is 7.01. The van der Waals surface area contributed by atoms with E-state index in [1.165, 1.54) is 4.31 Å². The molecule has 1 amide bonds. The number of carbonyl (C=O) groups excluding carboxylic acids is 1. The second-order valence-corrected chi connectivity index (χ2v) is 9.84. The van der Waals surface area contributed by atoms with E-state index in [9.17, 15) is 13.2 Å². The fourth-order valence-electron chi connectivity index (χ4n) is 3.44. The SMILES string of the molecule is CCCN(CC(=O)N(Cc1ccccc1)Cc1ccc(C)o1)S(=O)(=O)c1ccc(C)cc1. The van der Waals surface area contributed by atoms with E-state index < -0.39 is 10.0 Å². The summed E-state index contributed by atoms with van der Waals surface area (Å²) in [6, 6.07) is 20.0. The van der Waals surface area contributed by atoms with Crippen molar-refractivity contribution in [3.8, 4) is 0 Å². The van der Waals surface area contributed by atoms with E-state index in [-0.39, 0.29) is 30.4 Å². The number of benzene rings is 2. The first kappa shape index (κ1) is 23.8. The number of amides is 1. The molecule has 0 fully saturated rings. The van der Waals surface area contributed by atoms with Crippen molar-refractivity contribution >= 4 is 15.9 Å². The van der Waals surface area contributed by atoms with Crippen molar-refractivity contribution in [2.24, 2.45) is 0 Å². The molecule has 170 valence electrons. The van der Waals surface area contributed by atoms with Gasteiger partial charge in [-0.25, -0.2) is 8.42 Å². The quantitative estimate of drug-likeness (QED) is 0.451. The van der Waals surface area contributed by atoms with Gasteiger partial charge in [0.05, 0.1) is 18.0 Å². The summed E-state index contributed by atoms with van der Waals surface area (Å²) < 4.78 is 33.4. The van der Waals surface area contributed by atoms with Gasteiger partial charge in [0.25, 0.3) is 0 Å². The van der Waals surface area contributed by atoms with Crippen molar-refractivity contribution in [1.82, 2.24) is 9.21 Å². The molecule has 0 aliphatic heterocycles. The lowest BCUT2D eigenvalue weighted by molar-refractivity contribution is -0.133. The summed E-state index contributed by atoms with van der Waals surface area (Å²) in [5, 5.41) is 0. The summed E-state index contributed by atoms with van der Waals surface area (Å²) in [6.07, 6.45) is 0.606. The van der Waals surface area contributed by atoms with Gasteiger partial charge in [-0.2, -0.15) is 4.31 Å². The first-order chi connectivity index (χ1) is 15.3. The monoisotopic (exact) mass is 454 g/mol. The number of hydrogen-bond acceptors (Lipinski definition) is 4. The van der Waals surface area contributed by atoms with E-state index >= 15 is 0 Å². The highest BCUT2D eigenvalue weighted by atomic mass is 32.2. The van der Waals surface area contributed by atoms with Gasteiger partial charge in [-0.3, -0.25) is 4.79 Å². The summed E-state index contributed by atoms with van der Waals surface area (Å²) in [6.45, 7) is 6.33. The number of sulfonamides is 1. The van der Waals surface area contributed by atoms with Crippen molar-refractivity contribution in [2.75, 3.05) is 13.1 Å². The van der Waals surface area contributed by atoms with Crippen molar-refractivity contribution in [1.29, 1.82) is 0 Å². The summed E-state index contributed by atoms with van der Waals surface area (Å²) >= 11 is 0. The number of hydrogen-bond donors (Lipinski definition) is 0. The summed E-state index contributed by atoms with van der Waals surface area (Å²) in [5.41, 5.74) is 1.94. The van der Waals surface area contributed by atoms with Crippen LogP contribution < -0.4 is 0 Å². The molecular weight excluding hydrogens is 424 g/mol. The molecule has 0 unspecified atom stereocenters. The van der Waals surface area contributed by atoms with Crippen LogP contribution in [0.4, 0.5) is 0 Å². The maximum Gasteiger partial charge on any atom is 0.243 e. The van der Waals surface area contributed by atoms with Gasteiger partial charge in [0.2, 0.25) is 15.9 Å². The van der Waals surface area contributed by atoms with Crippen LogP contribution in [0, 0.1) is 13.8 Å². The van der Waals surface area contributed by atoms with Crippen LogP contribution in [0.15, 0.2) is 76.0 Å². The van der Waals surface area contributed by atoms with Gasteiger partial charge < -0.3 is 9.32 Å². The lowest BCUT2D eigenvalue weighted by Gasteiger charge is -2.27. The molecule has 2 aromatic carbocycles. The Labute approximate surface area is 190 Å². The minimum atomic E-state index is -3.79. The van der Waals surface area contributed by atoms with Crippen LogP contribution in [0.25, 0.3) is 0 Å². The Hall–Kier alpha value is -2.90. The second-order valence-electron chi connectivity index (χ2n) is 7.90. The molecule has 0 radical (unpaired) electrons. The number of carbonyl (C=O) groups is 1. The highest BCUT2D eigenvalue weighted by Crippen LogP contribution is 2.19. The average molecular weight is 455 g/mol. The van der Waals surface area contributed by atoms with E-state index in [1.807, 2.05) is 63.2 Å². The van der Waals surface area contributed by atoms with E-state index in [1.54, 1.807) is 29.2 Å². The summed E-state index contributed by atoms with van der Waals surface area (Å²) in [4.78, 5) is 15.2. The Kier molecular flexibility index (Phi) is 7.88. The fraction of sp³-hybridized carbons (Fsp3) is 0.320. The first-order valence-electron chi connectivity index (χ1n) is 10.7. The Morgan fingerprint density at radius 2 is 1.59 bits per heavy atom. The fourth-order valence-corrected chi connectivity index (χ4v) is 4.92. The molecule has 0 atom stereocenters. The molecule has 1 aromatic heterocycles. The van der Waals surface area contributed by atoms with Crippen LogP contribution in [-0.4, -0.2) is 36.6 Å². The Morgan fingerprint density at radius 1 is 0.906 bits per heavy atom. The molecule has 6 nitrogen and oxygen atoms in total. The number of rotatable bonds is 10. The zero-order chi connectivity index (χ0) is 23.1. The number of furan rings is 1. The molecule has 0 N–H and O–H groups in total. The van der Waals surface area contributed by atoms with Gasteiger partial charge in [0.1, 0.15) is 11.5 Å². The topological polar surface area (TPSA) is 70.8 Å². The second kappa shape index (κ2) is 10.6. The van der Waals surface area contributed by atoms with Gasteiger partial charge in [0, 0.05) is 13.1 Å². The molecule has 7 heteroatoms. The Balaban J connectivity index is 1.84. The van der Waals surface area contributed by atoms with Gasteiger partial charge in [-0.15, -0.1) is 0 Å². The number of aryl methyl sites for hydroxylation is 2. The molecule has 0 saturated heterocycles. The molecule has 3 rings (SSSR count). The molecule has 0 bridgehead atoms. The number of nitrogens with zero attached hydrogens (tertiary/aromatic N) is 2. The Bertz CT molecular complexity index is 1120. The minimum Gasteiger partial charge on any atom is -0.464 e. The maximum atomic E-state index is 13.4. The highest BCUT2D eigenvalue weighted by molar-refractivity contribution is 7.89. The third kappa shape index (κ3) is 6.08. The predicted molar refractivity (Wildman–Crippen MR) is 124 cm³/mol. The van der Waals surface area contributed by atoms with Crippen molar-refractivity contribution in [3.05, 3.63) is 89.4 Å². The molecule has 32 heavy (non-hydrogen) atoms. The summed E-state index contributed by atoms with van der Waals surface area (Å²) in [7, 11) is -3.79. The summed E-state index contributed by atoms with van der Waals surface area (Å²) in [5.74, 6) is 1.16. The lowest BCUT2D eigenvalue weighted by atomic mass is 10.2. The van der Waals surface area contributed by atoms with Crippen LogP contribution in [0.1, 0.15) is 36.0 Å². The van der Waals surface area contributed by atoms with Crippen molar-refractivity contribution < 1.29 is 17.6 Å². The zero-order valence-electron chi connectivity index (χ0n) is 18.8. The van der Waals surface area contributed by atoms with Crippen molar-refractivity contribution in [3.63, 3.8) is 0 Å². The van der Waals surface area contributed by atoms with Gasteiger partial charge in [-0.05, 0) is 50.1 Å². The van der Waals surface area contributed by atoms with Crippen LogP contribution >= 0.6 is 0 Å². The predicted octanol–water partition coefficient (Wildman–Crippen LogP) is 4.53. The molecule has 1 heterocycles. The van der Waals surface area contributed by atoms with E-state index in [2.05, 4.69) is 0 Å². The van der Waals surface area contributed by atoms with Crippen LogP contribution in [0.5, 0.6) is 0 Å². The third-order valence-electron chi connectivity index (χ3n) is 5.16. The maximum absolute atomic E-state index is 13.4. The molecule has 0 aliphatic carbocycles. The highest BCUT2D eigenvalue weighted by Gasteiger charge is 2.28. The standard InChI is InChI=1S/C25H30N2O4S/c1-4-16-27(32(29,30)24-14-10-20(2)11-15-24)19-25(28)26(17-22-8-6-5-7-9-22)18-23-13-12-21(3)31-23/h5-15H,4,16-19H2,1-3H3. The molecule has 0 spiro atoms. The largest absolute Gasteiger partial charge is 0.464 e. The zero-order valence-corrected chi connectivity index (χ0v) is 19.6. The van der Waals surface area contributed by atoms with Gasteiger partial charge in [-0.1, -0.05) is 55.0 Å². The minimum absolute atomic E-state index is 0.195. The Morgan fingerprint density at radius 3 is 2.19 bits per heavy atom. The van der Waals surface area contributed by atoms with E-state index in [0.29, 0.717) is 18.7 Å². The first-order valence-corrected chi connectivity index (χ1v) is 12.2. The van der Waals surface area contributed by atoms with Gasteiger partial charge in [0.15, 0.2) is 0 Å². The van der Waals surface area contributed by atoms with Crippen molar-refractivity contribution in [2.45, 2.75) is 45.2 Å². The van der Waals surface area contributed by atoms with E-state index in [4.69, 9.17) is 4.42 Å². The molecular formula is C25H30N2O4S.